The Morgan fingerprint density at radius 2 is 1.59 bits per heavy atom. The van der Waals surface area contributed by atoms with Crippen molar-refractivity contribution < 1.29 is 9.59 Å². The lowest BCUT2D eigenvalue weighted by Gasteiger charge is -2.34. The fraction of sp³-hybridized carbons (Fsp3) is 0.688. The molecule has 0 aliphatic carbocycles. The van der Waals surface area contributed by atoms with Gasteiger partial charge in [-0.3, -0.25) is 9.59 Å². The second-order valence-corrected chi connectivity index (χ2v) is 6.17. The Kier molecular flexibility index (Phi) is 5.42. The summed E-state index contributed by atoms with van der Waals surface area (Å²) in [6.45, 7) is 7.64. The van der Waals surface area contributed by atoms with Gasteiger partial charge in [0.25, 0.3) is 5.91 Å². The van der Waals surface area contributed by atoms with Crippen LogP contribution in [0.5, 0.6) is 0 Å². The Labute approximate surface area is 132 Å². The highest BCUT2D eigenvalue weighted by molar-refractivity contribution is 5.97. The molecule has 0 aromatic heterocycles. The van der Waals surface area contributed by atoms with E-state index in [9.17, 15) is 14.9 Å². The molecule has 6 nitrogen and oxygen atoms in total. The van der Waals surface area contributed by atoms with Crippen LogP contribution in [0.1, 0.15) is 26.7 Å². The molecule has 0 unspecified atom stereocenters. The van der Waals surface area contributed by atoms with Gasteiger partial charge in [-0.1, -0.05) is 6.92 Å². The van der Waals surface area contributed by atoms with Gasteiger partial charge in [-0.15, -0.1) is 0 Å². The average molecular weight is 304 g/mol. The molecule has 120 valence electrons. The molecule has 2 saturated heterocycles. The summed E-state index contributed by atoms with van der Waals surface area (Å²) in [7, 11) is 0. The van der Waals surface area contributed by atoms with E-state index < -0.39 is 0 Å². The number of piperazine rings is 1. The van der Waals surface area contributed by atoms with Gasteiger partial charge in [0.2, 0.25) is 5.91 Å². The second-order valence-electron chi connectivity index (χ2n) is 6.17. The minimum Gasteiger partial charge on any atom is -0.376 e. The van der Waals surface area contributed by atoms with Crippen molar-refractivity contribution in [3.05, 3.63) is 11.8 Å². The third-order valence-electron chi connectivity index (χ3n) is 4.49. The van der Waals surface area contributed by atoms with Gasteiger partial charge >= 0.3 is 0 Å². The van der Waals surface area contributed by atoms with E-state index in [1.807, 2.05) is 6.07 Å². The molecular weight excluding hydrogens is 280 g/mol. The molecule has 2 heterocycles. The van der Waals surface area contributed by atoms with Gasteiger partial charge < -0.3 is 14.7 Å². The number of likely N-dealkylation sites (tertiary alicyclic amines) is 1. The highest BCUT2D eigenvalue weighted by atomic mass is 16.2. The first-order chi connectivity index (χ1) is 10.5. The van der Waals surface area contributed by atoms with Crippen LogP contribution in [-0.4, -0.2) is 65.8 Å². The Morgan fingerprint density at radius 1 is 1.05 bits per heavy atom. The van der Waals surface area contributed by atoms with Gasteiger partial charge in [-0.25, -0.2) is 0 Å². The summed E-state index contributed by atoms with van der Waals surface area (Å²) in [4.78, 5) is 29.2. The van der Waals surface area contributed by atoms with Crippen molar-refractivity contribution >= 4 is 11.8 Å². The maximum absolute atomic E-state index is 12.4. The maximum atomic E-state index is 12.4. The Balaban J connectivity index is 1.95. The smallest absolute Gasteiger partial charge is 0.266 e. The molecule has 2 fully saturated rings. The Morgan fingerprint density at radius 3 is 2.09 bits per heavy atom. The minimum absolute atomic E-state index is 0.0329. The molecular formula is C16H24N4O2. The van der Waals surface area contributed by atoms with Crippen molar-refractivity contribution in [2.24, 2.45) is 5.92 Å². The van der Waals surface area contributed by atoms with Crippen LogP contribution in [0.25, 0.3) is 0 Å². The molecule has 0 radical (unpaired) electrons. The van der Waals surface area contributed by atoms with Crippen molar-refractivity contribution in [1.29, 1.82) is 5.26 Å². The summed E-state index contributed by atoms with van der Waals surface area (Å²) in [5.41, 5.74) is 0.200. The molecule has 0 aromatic carbocycles. The highest BCUT2D eigenvalue weighted by Gasteiger charge is 2.25. The lowest BCUT2D eigenvalue weighted by Crippen LogP contribution is -2.50. The van der Waals surface area contributed by atoms with Crippen LogP contribution in [0.15, 0.2) is 11.8 Å². The standard InChI is InChI=1S/C16H24N4O2/c1-13-3-5-18(6-4-13)12-15(11-17)16(22)20-9-7-19(8-10-20)14(2)21/h12-13H,3-10H2,1-2H3/b15-12-. The number of nitriles is 1. The Hall–Kier alpha value is -2.03. The summed E-state index contributed by atoms with van der Waals surface area (Å²) in [6, 6.07) is 2.04. The molecule has 22 heavy (non-hydrogen) atoms. The largest absolute Gasteiger partial charge is 0.376 e. The Bertz CT molecular complexity index is 493. The van der Waals surface area contributed by atoms with E-state index in [0.29, 0.717) is 32.1 Å². The van der Waals surface area contributed by atoms with Crippen LogP contribution in [0.2, 0.25) is 0 Å². The quantitative estimate of drug-likeness (QED) is 0.559. The van der Waals surface area contributed by atoms with Crippen LogP contribution in [0.3, 0.4) is 0 Å². The third kappa shape index (κ3) is 4.00. The summed E-state index contributed by atoms with van der Waals surface area (Å²) >= 11 is 0. The summed E-state index contributed by atoms with van der Waals surface area (Å²) < 4.78 is 0. The molecule has 0 spiro atoms. The molecule has 2 amide bonds. The number of hydrogen-bond donors (Lipinski definition) is 0. The highest BCUT2D eigenvalue weighted by Crippen LogP contribution is 2.17. The van der Waals surface area contributed by atoms with Crippen molar-refractivity contribution in [2.75, 3.05) is 39.3 Å². The predicted molar refractivity (Wildman–Crippen MR) is 82.5 cm³/mol. The predicted octanol–water partition coefficient (Wildman–Crippen LogP) is 0.816. The summed E-state index contributed by atoms with van der Waals surface area (Å²) in [6.07, 6.45) is 3.91. The first-order valence-corrected chi connectivity index (χ1v) is 7.92. The molecule has 0 saturated carbocycles. The molecule has 0 aromatic rings. The van der Waals surface area contributed by atoms with E-state index in [4.69, 9.17) is 0 Å². The van der Waals surface area contributed by atoms with Gasteiger partial charge in [0.05, 0.1) is 0 Å². The molecule has 0 bridgehead atoms. The number of rotatable bonds is 2. The SMILES string of the molecule is CC(=O)N1CCN(C(=O)/C(C#N)=C\N2CCC(C)CC2)CC1. The number of carbonyl (C=O) groups excluding carboxylic acids is 2. The molecule has 2 aliphatic heterocycles. The zero-order valence-electron chi connectivity index (χ0n) is 13.4. The van der Waals surface area contributed by atoms with Crippen LogP contribution in [0.4, 0.5) is 0 Å². The fourth-order valence-corrected chi connectivity index (χ4v) is 2.87. The lowest BCUT2D eigenvalue weighted by atomic mass is 9.99. The number of carbonyl (C=O) groups is 2. The molecule has 2 aliphatic rings. The number of piperidine rings is 1. The topological polar surface area (TPSA) is 67.6 Å². The molecule has 2 rings (SSSR count). The van der Waals surface area contributed by atoms with Crippen molar-refractivity contribution in [3.63, 3.8) is 0 Å². The van der Waals surface area contributed by atoms with Crippen molar-refractivity contribution in [3.8, 4) is 6.07 Å². The van der Waals surface area contributed by atoms with Gasteiger partial charge in [-0.05, 0) is 18.8 Å². The van der Waals surface area contributed by atoms with Crippen molar-refractivity contribution in [1.82, 2.24) is 14.7 Å². The van der Waals surface area contributed by atoms with Crippen LogP contribution in [0, 0.1) is 17.2 Å². The maximum Gasteiger partial charge on any atom is 0.266 e. The van der Waals surface area contributed by atoms with Gasteiger partial charge in [0.15, 0.2) is 0 Å². The van der Waals surface area contributed by atoms with E-state index in [0.717, 1.165) is 25.9 Å². The zero-order valence-corrected chi connectivity index (χ0v) is 13.4. The van der Waals surface area contributed by atoms with E-state index >= 15 is 0 Å². The van der Waals surface area contributed by atoms with Gasteiger partial charge in [-0.2, -0.15) is 5.26 Å². The normalized spacial score (nSPS) is 20.8. The molecule has 0 N–H and O–H groups in total. The van der Waals surface area contributed by atoms with Crippen molar-refractivity contribution in [2.45, 2.75) is 26.7 Å². The summed E-state index contributed by atoms with van der Waals surface area (Å²) in [5, 5.41) is 9.29. The second kappa shape index (κ2) is 7.30. The lowest BCUT2D eigenvalue weighted by molar-refractivity contribution is -0.136. The molecule has 6 heteroatoms. The van der Waals surface area contributed by atoms with Gasteiger partial charge in [0, 0.05) is 52.4 Å². The van der Waals surface area contributed by atoms with E-state index in [1.54, 1.807) is 16.0 Å². The monoisotopic (exact) mass is 304 g/mol. The van der Waals surface area contributed by atoms with E-state index in [-0.39, 0.29) is 17.4 Å². The van der Waals surface area contributed by atoms with Crippen LogP contribution < -0.4 is 0 Å². The minimum atomic E-state index is -0.218. The number of nitrogens with zero attached hydrogens (tertiary/aromatic N) is 4. The van der Waals surface area contributed by atoms with E-state index in [1.165, 1.54) is 6.92 Å². The average Bonchev–Trinajstić information content (AvgIpc) is 2.53. The molecule has 0 atom stereocenters. The van der Waals surface area contributed by atoms with Gasteiger partial charge in [0.1, 0.15) is 11.6 Å². The van der Waals surface area contributed by atoms with Crippen LogP contribution >= 0.6 is 0 Å². The third-order valence-corrected chi connectivity index (χ3v) is 4.49. The first kappa shape index (κ1) is 16.3. The summed E-state index contributed by atoms with van der Waals surface area (Å²) in [5.74, 6) is 0.528. The number of hydrogen-bond acceptors (Lipinski definition) is 4. The number of amides is 2. The zero-order chi connectivity index (χ0) is 16.1. The van der Waals surface area contributed by atoms with Crippen LogP contribution in [-0.2, 0) is 9.59 Å². The first-order valence-electron chi connectivity index (χ1n) is 7.92. The fourth-order valence-electron chi connectivity index (χ4n) is 2.87. The van der Waals surface area contributed by atoms with E-state index in [2.05, 4.69) is 11.8 Å².